The van der Waals surface area contributed by atoms with Gasteiger partial charge >= 0.3 is 6.03 Å². The van der Waals surface area contributed by atoms with Crippen molar-refractivity contribution < 1.29 is 14.0 Å². The molecule has 1 atom stereocenters. The van der Waals surface area contributed by atoms with E-state index < -0.39 is 0 Å². The second-order valence-corrected chi connectivity index (χ2v) is 5.61. The molecular formula is C16H22FN3O2. The lowest BCUT2D eigenvalue weighted by Crippen LogP contribution is -2.44. The summed E-state index contributed by atoms with van der Waals surface area (Å²) >= 11 is 0. The Balaban J connectivity index is 1.93. The molecule has 0 radical (unpaired) electrons. The summed E-state index contributed by atoms with van der Waals surface area (Å²) in [5, 5.41) is 2.86. The van der Waals surface area contributed by atoms with Crippen LogP contribution in [0.5, 0.6) is 0 Å². The summed E-state index contributed by atoms with van der Waals surface area (Å²) in [5.41, 5.74) is 0.529. The highest BCUT2D eigenvalue weighted by Gasteiger charge is 2.32. The normalized spacial score (nSPS) is 17.7. The number of amides is 3. The van der Waals surface area contributed by atoms with Gasteiger partial charge in [-0.2, -0.15) is 0 Å². The topological polar surface area (TPSA) is 52.7 Å². The van der Waals surface area contributed by atoms with Crippen LogP contribution in [-0.2, 0) is 4.79 Å². The van der Waals surface area contributed by atoms with E-state index in [1.807, 2.05) is 0 Å². The van der Waals surface area contributed by atoms with Crippen LogP contribution in [0.15, 0.2) is 24.3 Å². The maximum Gasteiger partial charge on any atom is 0.317 e. The minimum absolute atomic E-state index is 0.105. The number of unbranched alkanes of at least 4 members (excludes halogenated alkanes) is 1. The van der Waals surface area contributed by atoms with E-state index in [1.165, 1.54) is 17.0 Å². The molecule has 0 unspecified atom stereocenters. The molecule has 0 spiro atoms. The van der Waals surface area contributed by atoms with Gasteiger partial charge < -0.3 is 15.1 Å². The highest BCUT2D eigenvalue weighted by molar-refractivity contribution is 5.96. The number of carbonyl (C=O) groups excluding carboxylic acids is 2. The molecule has 22 heavy (non-hydrogen) atoms. The number of nitrogens with one attached hydrogen (secondary N) is 1. The van der Waals surface area contributed by atoms with Gasteiger partial charge in [-0.3, -0.25) is 4.79 Å². The van der Waals surface area contributed by atoms with Gasteiger partial charge in [-0.15, -0.1) is 0 Å². The monoisotopic (exact) mass is 307 g/mol. The van der Waals surface area contributed by atoms with E-state index in [-0.39, 0.29) is 30.2 Å². The Morgan fingerprint density at radius 3 is 2.95 bits per heavy atom. The minimum Gasteiger partial charge on any atom is -0.333 e. The molecule has 0 aromatic heterocycles. The molecule has 2 rings (SSSR count). The molecular weight excluding hydrogens is 285 g/mol. The molecule has 1 saturated heterocycles. The first kappa shape index (κ1) is 16.3. The molecule has 5 nitrogen and oxygen atoms in total. The lowest BCUT2D eigenvalue weighted by Gasteiger charge is -2.21. The van der Waals surface area contributed by atoms with E-state index in [0.717, 1.165) is 12.8 Å². The van der Waals surface area contributed by atoms with Crippen molar-refractivity contribution in [3.8, 4) is 0 Å². The highest BCUT2D eigenvalue weighted by atomic mass is 19.1. The standard InChI is InChI=1S/C16H22FN3O2/c1-3-4-8-19(2)16(22)18-13-10-15(21)20(11-13)14-7-5-6-12(17)9-14/h5-7,9,13H,3-4,8,10-11H2,1-2H3,(H,18,22)/t13-/m1/s1. The number of rotatable bonds is 5. The van der Waals surface area contributed by atoms with Gasteiger partial charge in [0.15, 0.2) is 0 Å². The van der Waals surface area contributed by atoms with Gasteiger partial charge in [0.25, 0.3) is 0 Å². The molecule has 0 bridgehead atoms. The number of hydrogen-bond donors (Lipinski definition) is 1. The molecule has 1 fully saturated rings. The molecule has 1 aliphatic rings. The first-order valence-electron chi connectivity index (χ1n) is 7.58. The number of hydrogen-bond acceptors (Lipinski definition) is 2. The van der Waals surface area contributed by atoms with E-state index in [1.54, 1.807) is 24.1 Å². The predicted molar refractivity (Wildman–Crippen MR) is 83.2 cm³/mol. The van der Waals surface area contributed by atoms with Crippen LogP contribution >= 0.6 is 0 Å². The number of halogens is 1. The Morgan fingerprint density at radius 1 is 1.50 bits per heavy atom. The van der Waals surface area contributed by atoms with Gasteiger partial charge in [0.2, 0.25) is 5.91 Å². The van der Waals surface area contributed by atoms with Crippen molar-refractivity contribution in [2.45, 2.75) is 32.2 Å². The molecule has 6 heteroatoms. The maximum absolute atomic E-state index is 13.3. The minimum atomic E-state index is -0.378. The smallest absolute Gasteiger partial charge is 0.317 e. The van der Waals surface area contributed by atoms with Crippen molar-refractivity contribution in [3.05, 3.63) is 30.1 Å². The third kappa shape index (κ3) is 3.96. The van der Waals surface area contributed by atoms with E-state index >= 15 is 0 Å². The summed E-state index contributed by atoms with van der Waals surface area (Å²) in [6.07, 6.45) is 2.21. The van der Waals surface area contributed by atoms with E-state index in [4.69, 9.17) is 0 Å². The Hall–Kier alpha value is -2.11. The summed E-state index contributed by atoms with van der Waals surface area (Å²) in [7, 11) is 1.74. The first-order valence-corrected chi connectivity index (χ1v) is 7.58. The largest absolute Gasteiger partial charge is 0.333 e. The SMILES string of the molecule is CCCCN(C)C(=O)N[C@@H]1CC(=O)N(c2cccc(F)c2)C1. The van der Waals surface area contributed by atoms with Crippen LogP contribution in [0.25, 0.3) is 0 Å². The Kier molecular flexibility index (Phi) is 5.35. The van der Waals surface area contributed by atoms with Gasteiger partial charge in [0, 0.05) is 32.2 Å². The van der Waals surface area contributed by atoms with Crippen molar-refractivity contribution in [1.82, 2.24) is 10.2 Å². The average Bonchev–Trinajstić information content (AvgIpc) is 2.85. The van der Waals surface area contributed by atoms with Crippen molar-refractivity contribution in [1.29, 1.82) is 0 Å². The van der Waals surface area contributed by atoms with Gasteiger partial charge in [-0.25, -0.2) is 9.18 Å². The van der Waals surface area contributed by atoms with E-state index in [0.29, 0.717) is 18.8 Å². The lowest BCUT2D eigenvalue weighted by molar-refractivity contribution is -0.117. The molecule has 1 aliphatic heterocycles. The van der Waals surface area contributed by atoms with Crippen LogP contribution < -0.4 is 10.2 Å². The third-order valence-corrected chi connectivity index (χ3v) is 3.77. The van der Waals surface area contributed by atoms with Crippen LogP contribution in [0.3, 0.4) is 0 Å². The molecule has 0 saturated carbocycles. The number of anilines is 1. The van der Waals surface area contributed by atoms with Crippen molar-refractivity contribution >= 4 is 17.6 Å². The van der Waals surface area contributed by atoms with Crippen molar-refractivity contribution in [2.75, 3.05) is 25.0 Å². The fraction of sp³-hybridized carbons (Fsp3) is 0.500. The Morgan fingerprint density at radius 2 is 2.27 bits per heavy atom. The van der Waals surface area contributed by atoms with Gasteiger partial charge in [0.05, 0.1) is 6.04 Å². The Bertz CT molecular complexity index is 550. The van der Waals surface area contributed by atoms with Crippen LogP contribution in [0, 0.1) is 5.82 Å². The fourth-order valence-electron chi connectivity index (χ4n) is 2.48. The zero-order chi connectivity index (χ0) is 16.1. The zero-order valence-corrected chi connectivity index (χ0v) is 13.0. The average molecular weight is 307 g/mol. The highest BCUT2D eigenvalue weighted by Crippen LogP contribution is 2.22. The first-order chi connectivity index (χ1) is 10.5. The van der Waals surface area contributed by atoms with Gasteiger partial charge in [-0.1, -0.05) is 19.4 Å². The Labute approximate surface area is 130 Å². The number of urea groups is 1. The number of nitrogens with zero attached hydrogens (tertiary/aromatic N) is 2. The second kappa shape index (κ2) is 7.24. The summed E-state index contributed by atoms with van der Waals surface area (Å²) in [5.74, 6) is -0.482. The zero-order valence-electron chi connectivity index (χ0n) is 13.0. The van der Waals surface area contributed by atoms with E-state index in [2.05, 4.69) is 12.2 Å². The van der Waals surface area contributed by atoms with E-state index in [9.17, 15) is 14.0 Å². The van der Waals surface area contributed by atoms with Crippen LogP contribution in [0.2, 0.25) is 0 Å². The summed E-state index contributed by atoms with van der Waals surface area (Å²) < 4.78 is 13.3. The van der Waals surface area contributed by atoms with Crippen LogP contribution in [0.1, 0.15) is 26.2 Å². The maximum atomic E-state index is 13.3. The molecule has 3 amide bonds. The molecule has 0 aliphatic carbocycles. The third-order valence-electron chi connectivity index (χ3n) is 3.77. The quantitative estimate of drug-likeness (QED) is 0.908. The lowest BCUT2D eigenvalue weighted by atomic mass is 10.2. The van der Waals surface area contributed by atoms with Crippen LogP contribution in [0.4, 0.5) is 14.9 Å². The second-order valence-electron chi connectivity index (χ2n) is 5.61. The van der Waals surface area contributed by atoms with Crippen molar-refractivity contribution in [2.24, 2.45) is 0 Å². The molecule has 1 aromatic carbocycles. The molecule has 1 heterocycles. The van der Waals surface area contributed by atoms with Gasteiger partial charge in [0.1, 0.15) is 5.82 Å². The fourth-order valence-corrected chi connectivity index (χ4v) is 2.48. The van der Waals surface area contributed by atoms with Gasteiger partial charge in [-0.05, 0) is 24.6 Å². The molecule has 1 aromatic rings. The summed E-state index contributed by atoms with van der Waals surface area (Å²) in [6, 6.07) is 5.52. The molecule has 120 valence electrons. The summed E-state index contributed by atoms with van der Waals surface area (Å²) in [6.45, 7) is 3.13. The van der Waals surface area contributed by atoms with Crippen LogP contribution in [-0.4, -0.2) is 43.0 Å². The number of benzene rings is 1. The molecule has 1 N–H and O–H groups in total. The van der Waals surface area contributed by atoms with Crippen molar-refractivity contribution in [3.63, 3.8) is 0 Å². The summed E-state index contributed by atoms with van der Waals surface area (Å²) in [4.78, 5) is 27.2. The number of carbonyl (C=O) groups is 2. The predicted octanol–water partition coefficient (Wildman–Crippen LogP) is 2.37.